The molecule has 2 amide bonds. The molecule has 3 N–H and O–H groups in total. The molecule has 0 aliphatic carbocycles. The molecule has 0 bridgehead atoms. The number of hydrogen-bond donors (Lipinski definition) is 2. The van der Waals surface area contributed by atoms with Crippen molar-refractivity contribution in [3.8, 4) is 0 Å². The molecule has 0 aromatic rings. The molecular formula is C11H20N2O3. The molecule has 0 heterocycles. The Morgan fingerprint density at radius 2 is 2.00 bits per heavy atom. The highest BCUT2D eigenvalue weighted by Crippen LogP contribution is 2.00. The van der Waals surface area contributed by atoms with E-state index in [0.717, 1.165) is 19.3 Å². The summed E-state index contributed by atoms with van der Waals surface area (Å²) in [6.07, 6.45) is 4.32. The summed E-state index contributed by atoms with van der Waals surface area (Å²) in [5.74, 6) is -0.609. The monoisotopic (exact) mass is 228 g/mol. The van der Waals surface area contributed by atoms with Crippen molar-refractivity contribution in [1.82, 2.24) is 5.32 Å². The number of unbranched alkanes of at least 4 members (excludes halogenated alkanes) is 2. The SMILES string of the molecule is CCCCCC(=O)N[C@@H](C=O)CCC(N)=O. The number of carbonyl (C=O) groups excluding carboxylic acids is 3. The summed E-state index contributed by atoms with van der Waals surface area (Å²) in [5, 5.41) is 2.57. The van der Waals surface area contributed by atoms with E-state index in [-0.39, 0.29) is 18.7 Å². The van der Waals surface area contributed by atoms with E-state index in [1.807, 2.05) is 0 Å². The quantitative estimate of drug-likeness (QED) is 0.445. The zero-order chi connectivity index (χ0) is 12.4. The van der Waals surface area contributed by atoms with Crippen molar-refractivity contribution in [2.24, 2.45) is 5.73 Å². The molecular weight excluding hydrogens is 208 g/mol. The lowest BCUT2D eigenvalue weighted by Gasteiger charge is -2.11. The van der Waals surface area contributed by atoms with Crippen molar-refractivity contribution in [2.75, 3.05) is 0 Å². The van der Waals surface area contributed by atoms with Crippen LogP contribution < -0.4 is 11.1 Å². The van der Waals surface area contributed by atoms with Crippen molar-refractivity contribution in [1.29, 1.82) is 0 Å². The highest BCUT2D eigenvalue weighted by Gasteiger charge is 2.11. The number of rotatable bonds is 9. The van der Waals surface area contributed by atoms with Gasteiger partial charge in [0.15, 0.2) is 0 Å². The third-order valence-electron chi connectivity index (χ3n) is 2.22. The molecule has 0 saturated heterocycles. The first-order valence-electron chi connectivity index (χ1n) is 5.63. The van der Waals surface area contributed by atoms with Crippen LogP contribution in [0.1, 0.15) is 45.4 Å². The molecule has 0 radical (unpaired) electrons. The van der Waals surface area contributed by atoms with Gasteiger partial charge in [-0.25, -0.2) is 0 Å². The molecule has 0 rings (SSSR count). The van der Waals surface area contributed by atoms with Gasteiger partial charge >= 0.3 is 0 Å². The van der Waals surface area contributed by atoms with E-state index in [1.165, 1.54) is 0 Å². The van der Waals surface area contributed by atoms with Gasteiger partial charge < -0.3 is 15.8 Å². The van der Waals surface area contributed by atoms with E-state index in [1.54, 1.807) is 0 Å². The second kappa shape index (κ2) is 8.88. The average Bonchev–Trinajstić information content (AvgIpc) is 2.24. The fourth-order valence-corrected chi connectivity index (χ4v) is 1.29. The Hall–Kier alpha value is -1.39. The van der Waals surface area contributed by atoms with Gasteiger partial charge in [-0.2, -0.15) is 0 Å². The zero-order valence-corrected chi connectivity index (χ0v) is 9.70. The topological polar surface area (TPSA) is 89.3 Å². The lowest BCUT2D eigenvalue weighted by molar-refractivity contribution is -0.125. The summed E-state index contributed by atoms with van der Waals surface area (Å²) in [7, 11) is 0. The van der Waals surface area contributed by atoms with Crippen LogP contribution in [0.15, 0.2) is 0 Å². The van der Waals surface area contributed by atoms with E-state index in [0.29, 0.717) is 12.7 Å². The number of nitrogens with two attached hydrogens (primary N) is 1. The molecule has 5 nitrogen and oxygen atoms in total. The number of carbonyl (C=O) groups is 3. The van der Waals surface area contributed by atoms with Gasteiger partial charge in [0, 0.05) is 12.8 Å². The maximum Gasteiger partial charge on any atom is 0.220 e. The normalized spacial score (nSPS) is 11.8. The Kier molecular flexibility index (Phi) is 8.11. The minimum Gasteiger partial charge on any atom is -0.370 e. The van der Waals surface area contributed by atoms with Crippen LogP contribution in [-0.4, -0.2) is 24.1 Å². The van der Waals surface area contributed by atoms with Crippen molar-refractivity contribution in [3.05, 3.63) is 0 Å². The van der Waals surface area contributed by atoms with Crippen LogP contribution in [0.2, 0.25) is 0 Å². The van der Waals surface area contributed by atoms with E-state index in [2.05, 4.69) is 12.2 Å². The zero-order valence-electron chi connectivity index (χ0n) is 9.70. The molecule has 0 saturated carbocycles. The largest absolute Gasteiger partial charge is 0.370 e. The summed E-state index contributed by atoms with van der Waals surface area (Å²) < 4.78 is 0. The van der Waals surface area contributed by atoms with Gasteiger partial charge in [0.25, 0.3) is 0 Å². The number of nitrogens with one attached hydrogen (secondary N) is 1. The van der Waals surface area contributed by atoms with Crippen LogP contribution in [0.25, 0.3) is 0 Å². The summed E-state index contributed by atoms with van der Waals surface area (Å²) in [6.45, 7) is 2.05. The van der Waals surface area contributed by atoms with Crippen LogP contribution in [0.5, 0.6) is 0 Å². The lowest BCUT2D eigenvalue weighted by Crippen LogP contribution is -2.36. The molecule has 5 heteroatoms. The fourth-order valence-electron chi connectivity index (χ4n) is 1.29. The van der Waals surface area contributed by atoms with Gasteiger partial charge in [-0.05, 0) is 12.8 Å². The molecule has 16 heavy (non-hydrogen) atoms. The third-order valence-corrected chi connectivity index (χ3v) is 2.22. The molecule has 0 aromatic carbocycles. The van der Waals surface area contributed by atoms with Gasteiger partial charge in [0.1, 0.15) is 6.29 Å². The van der Waals surface area contributed by atoms with Crippen molar-refractivity contribution in [2.45, 2.75) is 51.5 Å². The van der Waals surface area contributed by atoms with Gasteiger partial charge in [-0.15, -0.1) is 0 Å². The standard InChI is InChI=1S/C11H20N2O3/c1-2-3-4-5-11(16)13-9(8-14)6-7-10(12)15/h8-9H,2-7H2,1H3,(H2,12,15)(H,13,16)/t9-/m1/s1. The highest BCUT2D eigenvalue weighted by molar-refractivity contribution is 5.80. The van der Waals surface area contributed by atoms with Crippen LogP contribution in [0, 0.1) is 0 Å². The summed E-state index contributed by atoms with van der Waals surface area (Å²) in [4.78, 5) is 32.5. The molecule has 0 aliphatic rings. The molecule has 0 aromatic heterocycles. The Morgan fingerprint density at radius 1 is 1.31 bits per heavy atom. The Morgan fingerprint density at radius 3 is 2.50 bits per heavy atom. The second-order valence-electron chi connectivity index (χ2n) is 3.77. The van der Waals surface area contributed by atoms with Crippen molar-refractivity contribution >= 4 is 18.1 Å². The lowest BCUT2D eigenvalue weighted by atomic mass is 10.1. The third kappa shape index (κ3) is 7.96. The predicted molar refractivity (Wildman–Crippen MR) is 60.6 cm³/mol. The predicted octanol–water partition coefficient (Wildman–Crippen LogP) is 0.516. The molecule has 0 unspecified atom stereocenters. The van der Waals surface area contributed by atoms with Gasteiger partial charge in [-0.1, -0.05) is 19.8 Å². The molecule has 0 aliphatic heterocycles. The Bertz CT molecular complexity index is 241. The number of amides is 2. The van der Waals surface area contributed by atoms with Crippen LogP contribution in [0.3, 0.4) is 0 Å². The first-order valence-corrected chi connectivity index (χ1v) is 5.63. The van der Waals surface area contributed by atoms with Gasteiger partial charge in [0.05, 0.1) is 6.04 Å². The molecule has 1 atom stereocenters. The van der Waals surface area contributed by atoms with Crippen molar-refractivity contribution in [3.63, 3.8) is 0 Å². The van der Waals surface area contributed by atoms with Crippen molar-refractivity contribution < 1.29 is 14.4 Å². The average molecular weight is 228 g/mol. The van der Waals surface area contributed by atoms with E-state index < -0.39 is 11.9 Å². The van der Waals surface area contributed by atoms with Crippen LogP contribution in [0.4, 0.5) is 0 Å². The molecule has 92 valence electrons. The summed E-state index contributed by atoms with van der Waals surface area (Å²) in [6, 6.07) is -0.596. The summed E-state index contributed by atoms with van der Waals surface area (Å²) >= 11 is 0. The minimum atomic E-state index is -0.596. The van der Waals surface area contributed by atoms with E-state index >= 15 is 0 Å². The van der Waals surface area contributed by atoms with Gasteiger partial charge in [-0.3, -0.25) is 9.59 Å². The Balaban J connectivity index is 3.78. The molecule has 0 fully saturated rings. The second-order valence-corrected chi connectivity index (χ2v) is 3.77. The maximum atomic E-state index is 11.3. The van der Waals surface area contributed by atoms with Crippen LogP contribution in [-0.2, 0) is 14.4 Å². The van der Waals surface area contributed by atoms with E-state index in [4.69, 9.17) is 5.73 Å². The first kappa shape index (κ1) is 14.6. The first-order chi connectivity index (χ1) is 7.60. The maximum absolute atomic E-state index is 11.3. The minimum absolute atomic E-state index is 0.110. The van der Waals surface area contributed by atoms with Crippen LogP contribution >= 0.6 is 0 Å². The summed E-state index contributed by atoms with van der Waals surface area (Å²) in [5.41, 5.74) is 4.96. The van der Waals surface area contributed by atoms with E-state index in [9.17, 15) is 14.4 Å². The number of hydrogen-bond acceptors (Lipinski definition) is 3. The Labute approximate surface area is 95.8 Å². The van der Waals surface area contributed by atoms with Gasteiger partial charge in [0.2, 0.25) is 11.8 Å². The highest BCUT2D eigenvalue weighted by atomic mass is 16.2. The smallest absolute Gasteiger partial charge is 0.220 e. The molecule has 0 spiro atoms. The fraction of sp³-hybridized carbons (Fsp3) is 0.727. The number of primary amides is 1. The number of aldehydes is 1.